The van der Waals surface area contributed by atoms with E-state index in [9.17, 15) is 4.79 Å². The average Bonchev–Trinajstić information content (AvgIpc) is 2.61. The summed E-state index contributed by atoms with van der Waals surface area (Å²) in [5.41, 5.74) is 1.19. The monoisotopic (exact) mass is 190 g/mol. The zero-order valence-corrected chi connectivity index (χ0v) is 7.82. The Hall–Kier alpha value is -1.77. The molecule has 1 aromatic heterocycles. The first-order valence-electron chi connectivity index (χ1n) is 4.46. The molecule has 3 nitrogen and oxygen atoms in total. The summed E-state index contributed by atoms with van der Waals surface area (Å²) in [7, 11) is 0. The van der Waals surface area contributed by atoms with Crippen molar-refractivity contribution in [2.45, 2.75) is 6.92 Å². The lowest BCUT2D eigenvalue weighted by Crippen LogP contribution is -2.03. The van der Waals surface area contributed by atoms with Gasteiger partial charge in [-0.1, -0.05) is 18.2 Å². The molecule has 0 N–H and O–H groups in total. The van der Waals surface area contributed by atoms with Gasteiger partial charge in [0.25, 0.3) is 0 Å². The van der Waals surface area contributed by atoms with Crippen LogP contribution in [0.3, 0.4) is 0 Å². The maximum Gasteiger partial charge on any atom is 0.342 e. The summed E-state index contributed by atoms with van der Waals surface area (Å²) in [4.78, 5) is 11.4. The molecule has 0 aliphatic rings. The minimum absolute atomic E-state index is 0.336. The minimum atomic E-state index is -0.336. The number of fused-ring (bicyclic) bond motifs is 1. The van der Waals surface area contributed by atoms with Gasteiger partial charge >= 0.3 is 5.97 Å². The third-order valence-corrected chi connectivity index (χ3v) is 1.98. The molecule has 0 atom stereocenters. The molecule has 2 aromatic rings. The Morgan fingerprint density at radius 1 is 1.43 bits per heavy atom. The van der Waals surface area contributed by atoms with Gasteiger partial charge in [0.15, 0.2) is 0 Å². The number of para-hydroxylation sites is 1. The van der Waals surface area contributed by atoms with E-state index in [2.05, 4.69) is 0 Å². The quantitative estimate of drug-likeness (QED) is 0.683. The van der Waals surface area contributed by atoms with E-state index in [0.29, 0.717) is 17.8 Å². The molecular weight excluding hydrogens is 180 g/mol. The Balaban J connectivity index is 2.47. The molecule has 0 radical (unpaired) electrons. The van der Waals surface area contributed by atoms with Crippen molar-refractivity contribution in [1.29, 1.82) is 0 Å². The standard InChI is InChI=1S/C11H10O3/c1-2-13-11(12)9-7-14-10-6-4-3-5-8(9)10/h3-7H,2H2,1H3. The third kappa shape index (κ3) is 1.37. The molecule has 1 heterocycles. The fourth-order valence-corrected chi connectivity index (χ4v) is 1.34. The first-order chi connectivity index (χ1) is 6.83. The summed E-state index contributed by atoms with van der Waals surface area (Å²) >= 11 is 0. The fourth-order valence-electron chi connectivity index (χ4n) is 1.34. The van der Waals surface area contributed by atoms with Crippen molar-refractivity contribution in [3.8, 4) is 0 Å². The molecule has 0 saturated carbocycles. The van der Waals surface area contributed by atoms with Crippen molar-refractivity contribution in [3.63, 3.8) is 0 Å². The van der Waals surface area contributed by atoms with E-state index in [0.717, 1.165) is 5.39 Å². The van der Waals surface area contributed by atoms with Crippen LogP contribution in [0, 0.1) is 0 Å². The molecule has 3 heteroatoms. The molecule has 0 unspecified atom stereocenters. The molecule has 2 rings (SSSR count). The largest absolute Gasteiger partial charge is 0.463 e. The first-order valence-corrected chi connectivity index (χ1v) is 4.46. The highest BCUT2D eigenvalue weighted by atomic mass is 16.5. The summed E-state index contributed by atoms with van der Waals surface area (Å²) in [5, 5.41) is 0.797. The van der Waals surface area contributed by atoms with Crippen LogP contribution in [0.25, 0.3) is 11.0 Å². The van der Waals surface area contributed by atoms with Gasteiger partial charge in [0.05, 0.1) is 6.61 Å². The van der Waals surface area contributed by atoms with E-state index in [1.807, 2.05) is 24.3 Å². The van der Waals surface area contributed by atoms with Gasteiger partial charge in [-0.2, -0.15) is 0 Å². The molecule has 0 aliphatic carbocycles. The third-order valence-electron chi connectivity index (χ3n) is 1.98. The summed E-state index contributed by atoms with van der Waals surface area (Å²) in [6.07, 6.45) is 1.43. The second kappa shape index (κ2) is 3.54. The summed E-state index contributed by atoms with van der Waals surface area (Å²) in [5.74, 6) is -0.336. The summed E-state index contributed by atoms with van der Waals surface area (Å²) in [6.45, 7) is 2.15. The van der Waals surface area contributed by atoms with E-state index >= 15 is 0 Å². The zero-order chi connectivity index (χ0) is 9.97. The Labute approximate surface area is 81.3 Å². The lowest BCUT2D eigenvalue weighted by atomic mass is 10.2. The number of furan rings is 1. The van der Waals surface area contributed by atoms with E-state index in [-0.39, 0.29) is 5.97 Å². The van der Waals surface area contributed by atoms with Crippen LogP contribution in [0.15, 0.2) is 34.9 Å². The van der Waals surface area contributed by atoms with Gasteiger partial charge in [-0.05, 0) is 13.0 Å². The maximum atomic E-state index is 11.4. The lowest BCUT2D eigenvalue weighted by Gasteiger charge is -1.97. The van der Waals surface area contributed by atoms with Crippen molar-refractivity contribution < 1.29 is 13.9 Å². The van der Waals surface area contributed by atoms with E-state index in [1.54, 1.807) is 6.92 Å². The van der Waals surface area contributed by atoms with Crippen LogP contribution in [-0.2, 0) is 4.74 Å². The fraction of sp³-hybridized carbons (Fsp3) is 0.182. The second-order valence-electron chi connectivity index (χ2n) is 2.87. The van der Waals surface area contributed by atoms with Gasteiger partial charge in [-0.25, -0.2) is 4.79 Å². The van der Waals surface area contributed by atoms with Crippen LogP contribution >= 0.6 is 0 Å². The maximum absolute atomic E-state index is 11.4. The molecule has 0 aliphatic heterocycles. The highest BCUT2D eigenvalue weighted by Crippen LogP contribution is 2.21. The number of carbonyl (C=O) groups excluding carboxylic acids is 1. The smallest absolute Gasteiger partial charge is 0.342 e. The Morgan fingerprint density at radius 3 is 3.00 bits per heavy atom. The molecule has 14 heavy (non-hydrogen) atoms. The highest BCUT2D eigenvalue weighted by Gasteiger charge is 2.13. The Bertz CT molecular complexity index is 456. The molecule has 0 bridgehead atoms. The minimum Gasteiger partial charge on any atom is -0.463 e. The van der Waals surface area contributed by atoms with Crippen LogP contribution in [-0.4, -0.2) is 12.6 Å². The molecule has 1 aromatic carbocycles. The van der Waals surface area contributed by atoms with Gasteiger partial charge in [0.1, 0.15) is 17.4 Å². The van der Waals surface area contributed by atoms with Gasteiger partial charge in [-0.15, -0.1) is 0 Å². The predicted molar refractivity (Wildman–Crippen MR) is 52.2 cm³/mol. The number of ether oxygens (including phenoxy) is 1. The van der Waals surface area contributed by atoms with Crippen molar-refractivity contribution in [3.05, 3.63) is 36.1 Å². The number of esters is 1. The summed E-state index contributed by atoms with van der Waals surface area (Å²) in [6, 6.07) is 7.38. The van der Waals surface area contributed by atoms with Crippen LogP contribution in [0.2, 0.25) is 0 Å². The molecule has 0 fully saturated rings. The number of carbonyl (C=O) groups is 1. The normalized spacial score (nSPS) is 10.4. The Kier molecular flexibility index (Phi) is 2.23. The number of benzene rings is 1. The zero-order valence-electron chi connectivity index (χ0n) is 7.82. The highest BCUT2D eigenvalue weighted by molar-refractivity contribution is 6.03. The molecule has 0 spiro atoms. The van der Waals surface area contributed by atoms with Gasteiger partial charge in [-0.3, -0.25) is 0 Å². The van der Waals surface area contributed by atoms with E-state index in [4.69, 9.17) is 9.15 Å². The molecule has 0 amide bonds. The summed E-state index contributed by atoms with van der Waals surface area (Å²) < 4.78 is 10.1. The van der Waals surface area contributed by atoms with Crippen molar-refractivity contribution in [2.75, 3.05) is 6.61 Å². The molecule has 72 valence electrons. The number of hydrogen-bond donors (Lipinski definition) is 0. The van der Waals surface area contributed by atoms with Gasteiger partial charge in [0, 0.05) is 5.39 Å². The van der Waals surface area contributed by atoms with E-state index in [1.165, 1.54) is 6.26 Å². The van der Waals surface area contributed by atoms with Crippen LogP contribution in [0.4, 0.5) is 0 Å². The molecule has 0 saturated heterocycles. The van der Waals surface area contributed by atoms with Gasteiger partial charge < -0.3 is 9.15 Å². The number of hydrogen-bond acceptors (Lipinski definition) is 3. The average molecular weight is 190 g/mol. The van der Waals surface area contributed by atoms with Crippen LogP contribution in [0.5, 0.6) is 0 Å². The first kappa shape index (κ1) is 8.81. The number of rotatable bonds is 2. The van der Waals surface area contributed by atoms with E-state index < -0.39 is 0 Å². The van der Waals surface area contributed by atoms with Crippen molar-refractivity contribution in [1.82, 2.24) is 0 Å². The predicted octanol–water partition coefficient (Wildman–Crippen LogP) is 2.61. The topological polar surface area (TPSA) is 39.4 Å². The Morgan fingerprint density at radius 2 is 2.21 bits per heavy atom. The second-order valence-corrected chi connectivity index (χ2v) is 2.87. The van der Waals surface area contributed by atoms with Crippen LogP contribution in [0.1, 0.15) is 17.3 Å². The lowest BCUT2D eigenvalue weighted by molar-refractivity contribution is 0.0527. The SMILES string of the molecule is CCOC(=O)c1coc2ccccc12. The van der Waals surface area contributed by atoms with Gasteiger partial charge in [0.2, 0.25) is 0 Å². The van der Waals surface area contributed by atoms with Crippen LogP contribution < -0.4 is 0 Å². The van der Waals surface area contributed by atoms with Crippen molar-refractivity contribution >= 4 is 16.9 Å². The molecular formula is C11H10O3. The van der Waals surface area contributed by atoms with Crippen molar-refractivity contribution in [2.24, 2.45) is 0 Å².